The fourth-order valence-electron chi connectivity index (χ4n) is 0.732. The molecule has 0 saturated carbocycles. The van der Waals surface area contributed by atoms with Crippen molar-refractivity contribution in [1.82, 2.24) is 0 Å². The predicted octanol–water partition coefficient (Wildman–Crippen LogP) is 0.334. The van der Waals surface area contributed by atoms with Crippen LogP contribution in [0.25, 0.3) is 0 Å². The van der Waals surface area contributed by atoms with Crippen LogP contribution in [0.3, 0.4) is 0 Å². The molecular weight excluding hydrogens is 201 g/mol. The van der Waals surface area contributed by atoms with E-state index in [9.17, 15) is 9.18 Å². The molecule has 2 N–H and O–H groups in total. The second-order valence-corrected chi connectivity index (χ2v) is 3.00. The first kappa shape index (κ1) is 13.5. The first-order valence-electron chi connectivity index (χ1n) is 4.46. The third kappa shape index (κ3) is 4.05. The van der Waals surface area contributed by atoms with Crippen molar-refractivity contribution in [2.24, 2.45) is 15.7 Å². The van der Waals surface area contributed by atoms with Gasteiger partial charge in [-0.25, -0.2) is 9.18 Å². The lowest BCUT2D eigenvalue weighted by molar-refractivity contribution is -0.132. The smallest absolute Gasteiger partial charge is 0.360 e. The van der Waals surface area contributed by atoms with E-state index >= 15 is 0 Å². The standard InChI is InChI=1S/C9H16FN3O2/c1-5(10)6(2)13-7(8(11)12-3)9(14)15-4/h5-6H,1-4H3,(H2,11,12)/t5?,6-/m0/s1. The first-order valence-corrected chi connectivity index (χ1v) is 4.46. The van der Waals surface area contributed by atoms with Gasteiger partial charge in [-0.15, -0.1) is 0 Å². The third-order valence-electron chi connectivity index (χ3n) is 1.86. The molecule has 0 aromatic rings. The fraction of sp³-hybridized carbons (Fsp3) is 0.667. The van der Waals surface area contributed by atoms with Crippen LogP contribution >= 0.6 is 0 Å². The second-order valence-electron chi connectivity index (χ2n) is 3.00. The van der Waals surface area contributed by atoms with Crippen molar-refractivity contribution < 1.29 is 13.9 Å². The molecule has 0 fully saturated rings. The molecular formula is C9H16FN3O2. The van der Waals surface area contributed by atoms with Crippen LogP contribution in [0.15, 0.2) is 9.98 Å². The Morgan fingerprint density at radius 2 is 2.00 bits per heavy atom. The molecule has 0 amide bonds. The van der Waals surface area contributed by atoms with Crippen molar-refractivity contribution in [3.05, 3.63) is 0 Å². The van der Waals surface area contributed by atoms with Crippen molar-refractivity contribution >= 4 is 17.5 Å². The molecule has 0 aromatic carbocycles. The molecule has 2 atom stereocenters. The number of carbonyl (C=O) groups is 1. The SMILES string of the molecule is CN=C(N)C(=N[C@@H](C)C(C)F)C(=O)OC. The number of nitrogens with zero attached hydrogens (tertiary/aromatic N) is 2. The van der Waals surface area contributed by atoms with Gasteiger partial charge in [-0.2, -0.15) is 0 Å². The lowest BCUT2D eigenvalue weighted by Crippen LogP contribution is -2.34. The molecule has 0 spiro atoms. The molecule has 86 valence electrons. The van der Waals surface area contributed by atoms with Crippen LogP contribution in [0.2, 0.25) is 0 Å². The third-order valence-corrected chi connectivity index (χ3v) is 1.86. The van der Waals surface area contributed by atoms with Gasteiger partial charge in [0.05, 0.1) is 13.2 Å². The summed E-state index contributed by atoms with van der Waals surface area (Å²) in [5, 5.41) is 0. The van der Waals surface area contributed by atoms with Crippen LogP contribution in [-0.2, 0) is 9.53 Å². The molecule has 0 heterocycles. The normalized spacial score (nSPS) is 17.1. The summed E-state index contributed by atoms with van der Waals surface area (Å²) in [7, 11) is 2.61. The molecule has 6 heteroatoms. The molecule has 5 nitrogen and oxygen atoms in total. The minimum absolute atomic E-state index is 0.0608. The summed E-state index contributed by atoms with van der Waals surface area (Å²) in [4.78, 5) is 18.7. The van der Waals surface area contributed by atoms with Gasteiger partial charge in [-0.05, 0) is 13.8 Å². The van der Waals surface area contributed by atoms with Crippen molar-refractivity contribution in [2.45, 2.75) is 26.1 Å². The molecule has 1 unspecified atom stereocenters. The van der Waals surface area contributed by atoms with E-state index in [4.69, 9.17) is 5.73 Å². The summed E-state index contributed by atoms with van der Waals surface area (Å²) in [6, 6.07) is -0.667. The Morgan fingerprint density at radius 1 is 1.47 bits per heavy atom. The Kier molecular flexibility index (Phi) is 5.51. The van der Waals surface area contributed by atoms with E-state index in [0.29, 0.717) is 0 Å². The number of ether oxygens (including phenoxy) is 1. The molecule has 0 bridgehead atoms. The summed E-state index contributed by atoms with van der Waals surface area (Å²) in [6.45, 7) is 2.89. The van der Waals surface area contributed by atoms with Crippen LogP contribution < -0.4 is 5.73 Å². The number of esters is 1. The average molecular weight is 217 g/mol. The maximum Gasteiger partial charge on any atom is 0.360 e. The molecule has 0 aliphatic carbocycles. The Balaban J connectivity index is 5.02. The quantitative estimate of drug-likeness (QED) is 0.419. The highest BCUT2D eigenvalue weighted by Crippen LogP contribution is 2.03. The number of aliphatic imine (C=N–C) groups is 2. The van der Waals surface area contributed by atoms with E-state index in [-0.39, 0.29) is 11.5 Å². The highest BCUT2D eigenvalue weighted by atomic mass is 19.1. The maximum atomic E-state index is 12.9. The summed E-state index contributed by atoms with van der Waals surface area (Å²) >= 11 is 0. The van der Waals surface area contributed by atoms with Gasteiger partial charge in [-0.1, -0.05) is 0 Å². The van der Waals surface area contributed by atoms with Crippen LogP contribution in [0.4, 0.5) is 4.39 Å². The van der Waals surface area contributed by atoms with Gasteiger partial charge in [0.2, 0.25) is 0 Å². The minimum atomic E-state index is -1.17. The van der Waals surface area contributed by atoms with E-state index in [1.165, 1.54) is 28.0 Å². The molecule has 0 aromatic heterocycles. The number of nitrogens with two attached hydrogens (primary N) is 1. The van der Waals surface area contributed by atoms with Gasteiger partial charge < -0.3 is 10.5 Å². The number of rotatable bonds is 4. The van der Waals surface area contributed by atoms with E-state index in [1.807, 2.05) is 0 Å². The number of methoxy groups -OCH3 is 1. The summed E-state index contributed by atoms with van der Waals surface area (Å²) in [5.41, 5.74) is 5.30. The molecule has 0 radical (unpaired) electrons. The average Bonchev–Trinajstić information content (AvgIpc) is 2.23. The largest absolute Gasteiger partial charge is 0.464 e. The lowest BCUT2D eigenvalue weighted by atomic mass is 10.2. The van der Waals surface area contributed by atoms with Crippen LogP contribution in [-0.4, -0.2) is 43.9 Å². The number of amidine groups is 1. The number of carbonyl (C=O) groups excluding carboxylic acids is 1. The topological polar surface area (TPSA) is 77.0 Å². The van der Waals surface area contributed by atoms with E-state index in [0.717, 1.165) is 0 Å². The second kappa shape index (κ2) is 6.10. The van der Waals surface area contributed by atoms with Crippen molar-refractivity contribution in [2.75, 3.05) is 14.2 Å². The molecule has 0 rings (SSSR count). The molecule has 0 aliphatic rings. The van der Waals surface area contributed by atoms with Crippen molar-refractivity contribution in [3.8, 4) is 0 Å². The minimum Gasteiger partial charge on any atom is -0.464 e. The Bertz CT molecular complexity index is 287. The number of hydrogen-bond acceptors (Lipinski definition) is 4. The Labute approximate surface area is 88.2 Å². The lowest BCUT2D eigenvalue weighted by Gasteiger charge is -2.10. The van der Waals surface area contributed by atoms with Gasteiger partial charge in [0.25, 0.3) is 0 Å². The predicted molar refractivity (Wildman–Crippen MR) is 57.0 cm³/mol. The highest BCUT2D eigenvalue weighted by molar-refractivity contribution is 6.65. The van der Waals surface area contributed by atoms with Crippen molar-refractivity contribution in [3.63, 3.8) is 0 Å². The van der Waals surface area contributed by atoms with E-state index < -0.39 is 18.2 Å². The monoisotopic (exact) mass is 217 g/mol. The number of halogens is 1. The van der Waals surface area contributed by atoms with Gasteiger partial charge in [0, 0.05) is 7.05 Å². The van der Waals surface area contributed by atoms with Crippen LogP contribution in [0.1, 0.15) is 13.8 Å². The number of hydrogen-bond donors (Lipinski definition) is 1. The molecule has 15 heavy (non-hydrogen) atoms. The van der Waals surface area contributed by atoms with Gasteiger partial charge in [0.1, 0.15) is 6.17 Å². The summed E-state index contributed by atoms with van der Waals surface area (Å²) < 4.78 is 17.3. The van der Waals surface area contributed by atoms with Gasteiger partial charge in [-0.3, -0.25) is 9.98 Å². The zero-order chi connectivity index (χ0) is 12.0. The van der Waals surface area contributed by atoms with Crippen LogP contribution in [0.5, 0.6) is 0 Å². The maximum absolute atomic E-state index is 12.9. The first-order chi connectivity index (χ1) is 6.93. The molecule has 0 aliphatic heterocycles. The van der Waals surface area contributed by atoms with E-state index in [1.54, 1.807) is 0 Å². The zero-order valence-electron chi connectivity index (χ0n) is 9.32. The summed E-state index contributed by atoms with van der Waals surface area (Å²) in [5.74, 6) is -0.778. The molecule has 0 saturated heterocycles. The highest BCUT2D eigenvalue weighted by Gasteiger charge is 2.19. The van der Waals surface area contributed by atoms with E-state index in [2.05, 4.69) is 14.7 Å². The Morgan fingerprint density at radius 3 is 2.33 bits per heavy atom. The number of alkyl halides is 1. The zero-order valence-corrected chi connectivity index (χ0v) is 9.32. The van der Waals surface area contributed by atoms with Crippen LogP contribution in [0, 0.1) is 0 Å². The van der Waals surface area contributed by atoms with Crippen molar-refractivity contribution in [1.29, 1.82) is 0 Å². The Hall–Kier alpha value is -1.46. The van der Waals surface area contributed by atoms with Gasteiger partial charge in [0.15, 0.2) is 11.5 Å². The fourth-order valence-corrected chi connectivity index (χ4v) is 0.732. The van der Waals surface area contributed by atoms with Gasteiger partial charge >= 0.3 is 5.97 Å². The summed E-state index contributed by atoms with van der Waals surface area (Å²) in [6.07, 6.45) is -1.17.